The van der Waals surface area contributed by atoms with E-state index in [1.807, 2.05) is 49.5 Å². The van der Waals surface area contributed by atoms with Gasteiger partial charge in [0.15, 0.2) is 0 Å². The van der Waals surface area contributed by atoms with Crippen molar-refractivity contribution in [3.05, 3.63) is 48.5 Å². The standard InChI is InChI=1S/C19H20N4O2/c1-23-17-5-3-2-4-15(17)22-18(23)13-6-8-14(9-7-13)21-19(24)16-12-25-11-10-20-16/h2-9,16,20H,10-12H2,1H3,(H,21,24)/t16-/m1/s1. The Morgan fingerprint density at radius 1 is 1.24 bits per heavy atom. The number of hydrogen-bond acceptors (Lipinski definition) is 4. The molecule has 1 atom stereocenters. The van der Waals surface area contributed by atoms with Gasteiger partial charge in [-0.3, -0.25) is 4.79 Å². The van der Waals surface area contributed by atoms with Crippen LogP contribution in [0.4, 0.5) is 5.69 Å². The van der Waals surface area contributed by atoms with Crippen molar-refractivity contribution < 1.29 is 9.53 Å². The summed E-state index contributed by atoms with van der Waals surface area (Å²) in [5.41, 5.74) is 3.84. The van der Waals surface area contributed by atoms with E-state index in [1.54, 1.807) is 0 Å². The predicted molar refractivity (Wildman–Crippen MR) is 97.4 cm³/mol. The highest BCUT2D eigenvalue weighted by atomic mass is 16.5. The lowest BCUT2D eigenvalue weighted by Gasteiger charge is -2.22. The number of aromatic nitrogens is 2. The molecule has 1 aliphatic rings. The molecule has 0 saturated carbocycles. The number of hydrogen-bond donors (Lipinski definition) is 2. The fraction of sp³-hybridized carbons (Fsp3) is 0.263. The number of morpholine rings is 1. The third-order valence-electron chi connectivity index (χ3n) is 4.44. The highest BCUT2D eigenvalue weighted by molar-refractivity contribution is 5.95. The first-order valence-corrected chi connectivity index (χ1v) is 8.36. The number of ether oxygens (including phenoxy) is 1. The Labute approximate surface area is 145 Å². The molecule has 1 fully saturated rings. The maximum atomic E-state index is 12.2. The van der Waals surface area contributed by atoms with Gasteiger partial charge in [-0.25, -0.2) is 4.98 Å². The zero-order chi connectivity index (χ0) is 17.2. The molecule has 2 heterocycles. The zero-order valence-electron chi connectivity index (χ0n) is 14.0. The Balaban J connectivity index is 1.53. The zero-order valence-corrected chi connectivity index (χ0v) is 14.0. The molecule has 4 rings (SSSR count). The quantitative estimate of drug-likeness (QED) is 0.769. The Morgan fingerprint density at radius 3 is 2.76 bits per heavy atom. The fourth-order valence-corrected chi connectivity index (χ4v) is 3.07. The van der Waals surface area contributed by atoms with E-state index < -0.39 is 0 Å². The number of benzene rings is 2. The lowest BCUT2D eigenvalue weighted by atomic mass is 10.2. The van der Waals surface area contributed by atoms with Crippen LogP contribution in [0.15, 0.2) is 48.5 Å². The van der Waals surface area contributed by atoms with E-state index in [4.69, 9.17) is 9.72 Å². The van der Waals surface area contributed by atoms with Crippen LogP contribution in [0.1, 0.15) is 0 Å². The van der Waals surface area contributed by atoms with Crippen molar-refractivity contribution in [3.63, 3.8) is 0 Å². The minimum atomic E-state index is -0.298. The van der Waals surface area contributed by atoms with E-state index in [1.165, 1.54) is 0 Å². The highest BCUT2D eigenvalue weighted by Gasteiger charge is 2.21. The second-order valence-electron chi connectivity index (χ2n) is 6.13. The molecule has 1 saturated heterocycles. The van der Waals surface area contributed by atoms with E-state index in [-0.39, 0.29) is 11.9 Å². The summed E-state index contributed by atoms with van der Waals surface area (Å²) in [6.07, 6.45) is 0. The SMILES string of the molecule is Cn1c(-c2ccc(NC(=O)[C@H]3COCCN3)cc2)nc2ccccc21. The molecule has 1 amide bonds. The van der Waals surface area contributed by atoms with Gasteiger partial charge in [0.2, 0.25) is 5.91 Å². The average molecular weight is 336 g/mol. The van der Waals surface area contributed by atoms with Crippen LogP contribution in [0.25, 0.3) is 22.4 Å². The van der Waals surface area contributed by atoms with Gasteiger partial charge in [0.05, 0.1) is 24.2 Å². The van der Waals surface area contributed by atoms with Gasteiger partial charge in [-0.15, -0.1) is 0 Å². The maximum Gasteiger partial charge on any atom is 0.243 e. The van der Waals surface area contributed by atoms with Gasteiger partial charge in [0.25, 0.3) is 0 Å². The molecule has 0 bridgehead atoms. The van der Waals surface area contributed by atoms with Gasteiger partial charge >= 0.3 is 0 Å². The number of para-hydroxylation sites is 2. The molecule has 0 radical (unpaired) electrons. The minimum absolute atomic E-state index is 0.0739. The lowest BCUT2D eigenvalue weighted by Crippen LogP contribution is -2.48. The smallest absolute Gasteiger partial charge is 0.243 e. The van der Waals surface area contributed by atoms with Crippen LogP contribution < -0.4 is 10.6 Å². The van der Waals surface area contributed by atoms with Crippen LogP contribution in [-0.4, -0.2) is 41.3 Å². The van der Waals surface area contributed by atoms with Crippen LogP contribution in [-0.2, 0) is 16.6 Å². The van der Waals surface area contributed by atoms with Crippen LogP contribution in [0, 0.1) is 0 Å². The van der Waals surface area contributed by atoms with Crippen molar-refractivity contribution in [2.24, 2.45) is 7.05 Å². The largest absolute Gasteiger partial charge is 0.378 e. The van der Waals surface area contributed by atoms with Crippen molar-refractivity contribution >= 4 is 22.6 Å². The number of nitrogens with one attached hydrogen (secondary N) is 2. The first kappa shape index (κ1) is 15.8. The Hall–Kier alpha value is -2.70. The van der Waals surface area contributed by atoms with Gasteiger partial charge in [0, 0.05) is 24.8 Å². The topological polar surface area (TPSA) is 68.2 Å². The number of carbonyl (C=O) groups is 1. The summed E-state index contributed by atoms with van der Waals surface area (Å²) >= 11 is 0. The summed E-state index contributed by atoms with van der Waals surface area (Å²) in [5, 5.41) is 6.07. The molecule has 2 aromatic carbocycles. The number of carbonyl (C=O) groups excluding carboxylic acids is 1. The summed E-state index contributed by atoms with van der Waals surface area (Å²) < 4.78 is 7.40. The molecule has 6 heteroatoms. The van der Waals surface area contributed by atoms with Gasteiger partial charge in [0.1, 0.15) is 11.9 Å². The highest BCUT2D eigenvalue weighted by Crippen LogP contribution is 2.24. The first-order valence-electron chi connectivity index (χ1n) is 8.36. The fourth-order valence-electron chi connectivity index (χ4n) is 3.07. The number of imidazole rings is 1. The summed E-state index contributed by atoms with van der Waals surface area (Å²) in [6.45, 7) is 1.75. The van der Waals surface area contributed by atoms with Crippen molar-refractivity contribution in [1.82, 2.24) is 14.9 Å². The van der Waals surface area contributed by atoms with Crippen LogP contribution in [0.5, 0.6) is 0 Å². The molecule has 2 N–H and O–H groups in total. The van der Waals surface area contributed by atoms with Crippen LogP contribution in [0.2, 0.25) is 0 Å². The summed E-state index contributed by atoms with van der Waals surface area (Å²) in [7, 11) is 2.01. The minimum Gasteiger partial charge on any atom is -0.378 e. The third kappa shape index (κ3) is 3.14. The number of aryl methyl sites for hydroxylation is 1. The number of rotatable bonds is 3. The molecular formula is C19H20N4O2. The molecule has 3 aromatic rings. The Morgan fingerprint density at radius 2 is 2.04 bits per heavy atom. The normalized spacial score (nSPS) is 17.6. The second-order valence-corrected chi connectivity index (χ2v) is 6.13. The van der Waals surface area contributed by atoms with E-state index in [9.17, 15) is 4.79 Å². The molecule has 1 aromatic heterocycles. The number of fused-ring (bicyclic) bond motifs is 1. The van der Waals surface area contributed by atoms with E-state index in [0.29, 0.717) is 19.8 Å². The monoisotopic (exact) mass is 336 g/mol. The molecule has 25 heavy (non-hydrogen) atoms. The molecule has 1 aliphatic heterocycles. The molecule has 6 nitrogen and oxygen atoms in total. The van der Waals surface area contributed by atoms with Gasteiger partial charge in [-0.05, 0) is 36.4 Å². The van der Waals surface area contributed by atoms with Crippen LogP contribution in [0.3, 0.4) is 0 Å². The van der Waals surface area contributed by atoms with Gasteiger partial charge in [-0.1, -0.05) is 12.1 Å². The average Bonchev–Trinajstić information content (AvgIpc) is 3.00. The van der Waals surface area contributed by atoms with Gasteiger partial charge < -0.3 is 19.9 Å². The van der Waals surface area contributed by atoms with Gasteiger partial charge in [-0.2, -0.15) is 0 Å². The van der Waals surface area contributed by atoms with Crippen molar-refractivity contribution in [3.8, 4) is 11.4 Å². The summed E-state index contributed by atoms with van der Waals surface area (Å²) in [6, 6.07) is 15.5. The Kier molecular flexibility index (Phi) is 4.21. The molecular weight excluding hydrogens is 316 g/mol. The number of amides is 1. The third-order valence-corrected chi connectivity index (χ3v) is 4.44. The van der Waals surface area contributed by atoms with Crippen LogP contribution >= 0.6 is 0 Å². The van der Waals surface area contributed by atoms with E-state index in [2.05, 4.69) is 21.3 Å². The van der Waals surface area contributed by atoms with E-state index >= 15 is 0 Å². The number of anilines is 1. The first-order chi connectivity index (χ1) is 12.2. The van der Waals surface area contributed by atoms with Crippen molar-refractivity contribution in [1.29, 1.82) is 0 Å². The van der Waals surface area contributed by atoms with Crippen molar-refractivity contribution in [2.75, 3.05) is 25.1 Å². The maximum absolute atomic E-state index is 12.2. The predicted octanol–water partition coefficient (Wildman–Crippen LogP) is 2.17. The molecule has 0 unspecified atom stereocenters. The second kappa shape index (κ2) is 6.66. The van der Waals surface area contributed by atoms with E-state index in [0.717, 1.165) is 28.1 Å². The van der Waals surface area contributed by atoms with Crippen molar-refractivity contribution in [2.45, 2.75) is 6.04 Å². The summed E-state index contributed by atoms with van der Waals surface area (Å²) in [5.74, 6) is 0.830. The lowest BCUT2D eigenvalue weighted by molar-refractivity contribution is -0.120. The Bertz CT molecular complexity index is 895. The number of nitrogens with zero attached hydrogens (tertiary/aromatic N) is 2. The summed E-state index contributed by atoms with van der Waals surface area (Å²) in [4.78, 5) is 16.9. The molecule has 0 spiro atoms. The molecule has 128 valence electrons. The molecule has 0 aliphatic carbocycles.